The van der Waals surface area contributed by atoms with Gasteiger partial charge in [-0.15, -0.1) is 10.2 Å². The molecule has 0 radical (unpaired) electrons. The smallest absolute Gasteiger partial charge is 0.337 e. The summed E-state index contributed by atoms with van der Waals surface area (Å²) in [6, 6.07) is 4.46. The van der Waals surface area contributed by atoms with E-state index in [1.807, 2.05) is 0 Å². The van der Waals surface area contributed by atoms with Crippen LogP contribution in [-0.4, -0.2) is 37.6 Å². The number of aromatic carboxylic acids is 1. The van der Waals surface area contributed by atoms with Gasteiger partial charge in [-0.3, -0.25) is 4.79 Å². The highest BCUT2D eigenvalue weighted by molar-refractivity contribution is 9.10. The molecule has 1 amide bonds. The fraction of sp³-hybridized carbons (Fsp3) is 0. The average Bonchev–Trinajstić information content (AvgIpc) is 2.84. The average molecular weight is 312 g/mol. The molecule has 2 aromatic rings. The van der Waals surface area contributed by atoms with Crippen LogP contribution in [0.2, 0.25) is 0 Å². The summed E-state index contributed by atoms with van der Waals surface area (Å²) < 4.78 is 0.595. The number of benzene rings is 1. The first kappa shape index (κ1) is 12.2. The topological polar surface area (TPSA) is 121 Å². The second-order valence-corrected chi connectivity index (χ2v) is 4.10. The number of nitrogens with zero attached hydrogens (tertiary/aromatic N) is 3. The Kier molecular flexibility index (Phi) is 3.33. The van der Waals surface area contributed by atoms with Crippen LogP contribution in [0.4, 0.5) is 5.69 Å². The van der Waals surface area contributed by atoms with Gasteiger partial charge in [-0.05, 0) is 23.4 Å². The van der Waals surface area contributed by atoms with E-state index in [0.717, 1.165) is 0 Å². The number of aromatic amines is 1. The summed E-state index contributed by atoms with van der Waals surface area (Å²) in [5, 5.41) is 23.7. The zero-order valence-electron chi connectivity index (χ0n) is 8.72. The van der Waals surface area contributed by atoms with Gasteiger partial charge < -0.3 is 10.4 Å². The van der Waals surface area contributed by atoms with Crippen molar-refractivity contribution < 1.29 is 14.7 Å². The maximum absolute atomic E-state index is 11.6. The van der Waals surface area contributed by atoms with Crippen molar-refractivity contribution in [3.05, 3.63) is 34.1 Å². The van der Waals surface area contributed by atoms with Crippen molar-refractivity contribution in [3.63, 3.8) is 0 Å². The number of rotatable bonds is 3. The number of hydrogen-bond acceptors (Lipinski definition) is 5. The molecule has 9 heteroatoms. The molecule has 1 heterocycles. The summed E-state index contributed by atoms with van der Waals surface area (Å²) in [5.74, 6) is -1.97. The number of halogens is 1. The molecule has 0 aliphatic carbocycles. The van der Waals surface area contributed by atoms with Gasteiger partial charge in [0.25, 0.3) is 11.7 Å². The van der Waals surface area contributed by atoms with Crippen molar-refractivity contribution in [1.29, 1.82) is 0 Å². The number of aromatic nitrogens is 4. The van der Waals surface area contributed by atoms with E-state index in [9.17, 15) is 9.59 Å². The van der Waals surface area contributed by atoms with Crippen LogP contribution in [0, 0.1) is 0 Å². The monoisotopic (exact) mass is 311 g/mol. The largest absolute Gasteiger partial charge is 0.478 e. The Hall–Kier alpha value is -2.29. The van der Waals surface area contributed by atoms with Crippen LogP contribution in [0.1, 0.15) is 21.0 Å². The van der Waals surface area contributed by atoms with Gasteiger partial charge in [0.15, 0.2) is 0 Å². The lowest BCUT2D eigenvalue weighted by molar-refractivity contribution is 0.0698. The second-order valence-electron chi connectivity index (χ2n) is 3.18. The highest BCUT2D eigenvalue weighted by Crippen LogP contribution is 2.21. The number of hydrogen-bond donors (Lipinski definition) is 3. The van der Waals surface area contributed by atoms with Crippen molar-refractivity contribution in [2.75, 3.05) is 5.32 Å². The van der Waals surface area contributed by atoms with Gasteiger partial charge in [0.2, 0.25) is 0 Å². The lowest BCUT2D eigenvalue weighted by atomic mass is 10.2. The lowest BCUT2D eigenvalue weighted by Gasteiger charge is -2.06. The fourth-order valence-electron chi connectivity index (χ4n) is 1.24. The van der Waals surface area contributed by atoms with Crippen molar-refractivity contribution in [2.45, 2.75) is 0 Å². The highest BCUT2D eigenvalue weighted by Gasteiger charge is 2.16. The molecule has 1 aromatic carbocycles. The standard InChI is InChI=1S/C9H6BrN5O3/c10-4-1-2-6(5(3-4)9(17)18)11-8(16)7-12-14-15-13-7/h1-3H,(H,11,16)(H,17,18)(H,12,13,14,15). The molecule has 0 aliphatic rings. The fourth-order valence-corrected chi connectivity index (χ4v) is 1.60. The van der Waals surface area contributed by atoms with E-state index in [4.69, 9.17) is 5.11 Å². The summed E-state index contributed by atoms with van der Waals surface area (Å²) in [7, 11) is 0. The molecule has 3 N–H and O–H groups in total. The van der Waals surface area contributed by atoms with Crippen LogP contribution >= 0.6 is 15.9 Å². The number of carboxylic acids is 1. The first-order valence-electron chi connectivity index (χ1n) is 4.65. The van der Waals surface area contributed by atoms with Gasteiger partial charge in [0, 0.05) is 4.47 Å². The molecular weight excluding hydrogens is 306 g/mol. The Morgan fingerprint density at radius 3 is 2.78 bits per heavy atom. The maximum Gasteiger partial charge on any atom is 0.337 e. The third kappa shape index (κ3) is 2.51. The van der Waals surface area contributed by atoms with E-state index in [1.54, 1.807) is 6.07 Å². The molecule has 0 fully saturated rings. The van der Waals surface area contributed by atoms with Gasteiger partial charge in [-0.25, -0.2) is 4.79 Å². The maximum atomic E-state index is 11.6. The van der Waals surface area contributed by atoms with E-state index in [1.165, 1.54) is 12.1 Å². The summed E-state index contributed by atoms with van der Waals surface area (Å²) in [5.41, 5.74) is 0.113. The quantitative estimate of drug-likeness (QED) is 0.774. The molecule has 0 atom stereocenters. The zero-order chi connectivity index (χ0) is 13.1. The first-order chi connectivity index (χ1) is 8.58. The number of carbonyl (C=O) groups is 2. The molecule has 0 saturated heterocycles. The van der Waals surface area contributed by atoms with E-state index < -0.39 is 11.9 Å². The van der Waals surface area contributed by atoms with Crippen molar-refractivity contribution in [3.8, 4) is 0 Å². The van der Waals surface area contributed by atoms with Crippen LogP contribution in [0.3, 0.4) is 0 Å². The Bertz CT molecular complexity index is 598. The van der Waals surface area contributed by atoms with Crippen molar-refractivity contribution >= 4 is 33.5 Å². The van der Waals surface area contributed by atoms with Crippen LogP contribution in [0.5, 0.6) is 0 Å². The van der Waals surface area contributed by atoms with E-state index in [-0.39, 0.29) is 17.1 Å². The van der Waals surface area contributed by atoms with Crippen LogP contribution in [0.25, 0.3) is 0 Å². The molecule has 0 unspecified atom stereocenters. The van der Waals surface area contributed by atoms with Gasteiger partial charge >= 0.3 is 5.97 Å². The van der Waals surface area contributed by atoms with Crippen molar-refractivity contribution in [1.82, 2.24) is 20.6 Å². The second kappa shape index (κ2) is 4.92. The lowest BCUT2D eigenvalue weighted by Crippen LogP contribution is -2.16. The summed E-state index contributed by atoms with van der Waals surface area (Å²) in [6.07, 6.45) is 0. The summed E-state index contributed by atoms with van der Waals surface area (Å²) in [6.45, 7) is 0. The minimum Gasteiger partial charge on any atom is -0.478 e. The number of tetrazole rings is 1. The zero-order valence-corrected chi connectivity index (χ0v) is 10.3. The molecule has 0 spiro atoms. The third-order valence-electron chi connectivity index (χ3n) is 2.01. The number of H-pyrrole nitrogens is 1. The minimum atomic E-state index is -1.15. The molecule has 2 rings (SSSR count). The molecular formula is C9H6BrN5O3. The third-order valence-corrected chi connectivity index (χ3v) is 2.50. The molecule has 92 valence electrons. The summed E-state index contributed by atoms with van der Waals surface area (Å²) in [4.78, 5) is 22.7. The molecule has 0 aliphatic heterocycles. The minimum absolute atomic E-state index is 0.0405. The van der Waals surface area contributed by atoms with Crippen LogP contribution < -0.4 is 5.32 Å². The normalized spacial score (nSPS) is 10.1. The predicted octanol–water partition coefficient (Wildman–Crippen LogP) is 0.913. The van der Waals surface area contributed by atoms with Crippen molar-refractivity contribution in [2.24, 2.45) is 0 Å². The van der Waals surface area contributed by atoms with E-state index in [2.05, 4.69) is 41.9 Å². The van der Waals surface area contributed by atoms with E-state index in [0.29, 0.717) is 4.47 Å². The number of anilines is 1. The Labute approximate surface area is 109 Å². The molecule has 1 aromatic heterocycles. The van der Waals surface area contributed by atoms with Gasteiger partial charge in [0.05, 0.1) is 11.3 Å². The number of carbonyl (C=O) groups excluding carboxylic acids is 1. The molecule has 0 bridgehead atoms. The Morgan fingerprint density at radius 1 is 1.39 bits per heavy atom. The summed E-state index contributed by atoms with van der Waals surface area (Å²) >= 11 is 3.15. The SMILES string of the molecule is O=C(Nc1ccc(Br)cc1C(=O)O)c1nn[nH]n1. The number of nitrogens with one attached hydrogen (secondary N) is 2. The molecule has 0 saturated carbocycles. The van der Waals surface area contributed by atoms with Gasteiger partial charge in [-0.2, -0.15) is 5.21 Å². The van der Waals surface area contributed by atoms with Crippen LogP contribution in [-0.2, 0) is 0 Å². The Morgan fingerprint density at radius 2 is 2.17 bits per heavy atom. The highest BCUT2D eigenvalue weighted by atomic mass is 79.9. The molecule has 18 heavy (non-hydrogen) atoms. The number of amides is 1. The number of carboxylic acid groups (broad SMARTS) is 1. The molecule has 8 nitrogen and oxygen atoms in total. The first-order valence-corrected chi connectivity index (χ1v) is 5.45. The Balaban J connectivity index is 2.29. The van der Waals surface area contributed by atoms with Gasteiger partial charge in [-0.1, -0.05) is 15.9 Å². The van der Waals surface area contributed by atoms with E-state index >= 15 is 0 Å². The van der Waals surface area contributed by atoms with Crippen LogP contribution in [0.15, 0.2) is 22.7 Å². The van der Waals surface area contributed by atoms with Gasteiger partial charge in [0.1, 0.15) is 0 Å². The predicted molar refractivity (Wildman–Crippen MR) is 63.2 cm³/mol.